The minimum absolute atomic E-state index is 0.293. The highest BCUT2D eigenvalue weighted by Gasteiger charge is 2.34. The number of aromatic nitrogens is 2. The van der Waals surface area contributed by atoms with Crippen molar-refractivity contribution in [1.82, 2.24) is 15.1 Å². The molecule has 4 nitrogen and oxygen atoms in total. The topological polar surface area (TPSA) is 35.2 Å². The molecule has 1 saturated heterocycles. The van der Waals surface area contributed by atoms with E-state index in [9.17, 15) is 17.6 Å². The molecule has 1 aromatic heterocycles. The maximum atomic E-state index is 13.2. The Balaban J connectivity index is 1.42. The second-order valence-corrected chi connectivity index (χ2v) is 7.60. The first kappa shape index (κ1) is 20.7. The number of piperazine rings is 1. The third kappa shape index (κ3) is 4.44. The van der Waals surface area contributed by atoms with Gasteiger partial charge in [-0.15, -0.1) is 0 Å². The van der Waals surface area contributed by atoms with Crippen molar-refractivity contribution in [3.8, 4) is 11.3 Å². The van der Waals surface area contributed by atoms with Gasteiger partial charge >= 0.3 is 6.18 Å². The van der Waals surface area contributed by atoms with Crippen LogP contribution in [0.1, 0.15) is 11.1 Å². The van der Waals surface area contributed by atoms with Crippen LogP contribution in [0.5, 0.6) is 0 Å². The summed E-state index contributed by atoms with van der Waals surface area (Å²) in [5.74, 6) is -0.303. The maximum absolute atomic E-state index is 13.2. The van der Waals surface area contributed by atoms with Crippen molar-refractivity contribution in [2.24, 2.45) is 0 Å². The van der Waals surface area contributed by atoms with Crippen molar-refractivity contribution < 1.29 is 17.6 Å². The Morgan fingerprint density at radius 1 is 1.00 bits per heavy atom. The number of nitrogens with zero attached hydrogens (tertiary/aromatic N) is 3. The van der Waals surface area contributed by atoms with Gasteiger partial charge in [-0.1, -0.05) is 11.6 Å². The van der Waals surface area contributed by atoms with Crippen LogP contribution in [0.2, 0.25) is 5.02 Å². The molecule has 3 aromatic rings. The monoisotopic (exact) mass is 438 g/mol. The predicted molar refractivity (Wildman–Crippen MR) is 108 cm³/mol. The average molecular weight is 439 g/mol. The molecule has 0 atom stereocenters. The normalized spacial score (nSPS) is 15.6. The van der Waals surface area contributed by atoms with Gasteiger partial charge in [0.2, 0.25) is 0 Å². The van der Waals surface area contributed by atoms with Crippen LogP contribution < -0.4 is 4.90 Å². The molecule has 1 aliphatic rings. The molecule has 158 valence electrons. The fraction of sp³-hybridized carbons (Fsp3) is 0.286. The molecule has 1 fully saturated rings. The van der Waals surface area contributed by atoms with E-state index in [4.69, 9.17) is 11.6 Å². The molecule has 2 aromatic carbocycles. The van der Waals surface area contributed by atoms with Gasteiger partial charge in [-0.05, 0) is 42.5 Å². The maximum Gasteiger partial charge on any atom is 0.417 e. The highest BCUT2D eigenvalue weighted by Crippen LogP contribution is 2.37. The number of H-pyrrole nitrogens is 1. The largest absolute Gasteiger partial charge is 0.417 e. The van der Waals surface area contributed by atoms with Gasteiger partial charge in [0.05, 0.1) is 16.3 Å². The van der Waals surface area contributed by atoms with Crippen molar-refractivity contribution in [3.63, 3.8) is 0 Å². The number of anilines is 1. The van der Waals surface area contributed by atoms with Crippen LogP contribution in [0, 0.1) is 5.82 Å². The fourth-order valence-corrected chi connectivity index (χ4v) is 3.85. The van der Waals surface area contributed by atoms with E-state index >= 15 is 0 Å². The van der Waals surface area contributed by atoms with Gasteiger partial charge in [-0.25, -0.2) is 4.39 Å². The van der Waals surface area contributed by atoms with Crippen LogP contribution >= 0.6 is 11.6 Å². The quantitative estimate of drug-likeness (QED) is 0.568. The van der Waals surface area contributed by atoms with Gasteiger partial charge in [0.1, 0.15) is 5.82 Å². The molecule has 9 heteroatoms. The van der Waals surface area contributed by atoms with E-state index in [-0.39, 0.29) is 10.8 Å². The zero-order valence-corrected chi connectivity index (χ0v) is 16.6. The first-order chi connectivity index (χ1) is 14.3. The number of halogens is 5. The fourth-order valence-electron chi connectivity index (χ4n) is 3.63. The molecular formula is C21H19ClF4N4. The number of alkyl halides is 3. The summed E-state index contributed by atoms with van der Waals surface area (Å²) in [5.41, 5.74) is 2.28. The Morgan fingerprint density at radius 2 is 1.70 bits per heavy atom. The summed E-state index contributed by atoms with van der Waals surface area (Å²) in [6, 6.07) is 10.2. The molecule has 0 aliphatic carbocycles. The highest BCUT2D eigenvalue weighted by molar-refractivity contribution is 6.31. The van der Waals surface area contributed by atoms with Gasteiger partial charge in [0.25, 0.3) is 0 Å². The molecule has 30 heavy (non-hydrogen) atoms. The zero-order chi connectivity index (χ0) is 21.3. The van der Waals surface area contributed by atoms with E-state index in [0.29, 0.717) is 38.4 Å². The summed E-state index contributed by atoms with van der Waals surface area (Å²) in [6.07, 6.45) is -2.66. The van der Waals surface area contributed by atoms with Crippen LogP contribution in [0.4, 0.5) is 23.2 Å². The molecule has 0 spiro atoms. The minimum Gasteiger partial charge on any atom is -0.369 e. The van der Waals surface area contributed by atoms with Crippen LogP contribution in [0.15, 0.2) is 48.7 Å². The summed E-state index contributed by atoms with van der Waals surface area (Å²) in [5, 5.41) is 6.85. The van der Waals surface area contributed by atoms with Crippen LogP contribution in [-0.2, 0) is 12.7 Å². The Hall–Kier alpha value is -2.58. The lowest BCUT2D eigenvalue weighted by Gasteiger charge is -2.36. The Morgan fingerprint density at radius 3 is 2.37 bits per heavy atom. The Bertz CT molecular complexity index is 1010. The van der Waals surface area contributed by atoms with Gasteiger partial charge < -0.3 is 4.90 Å². The summed E-state index contributed by atoms with van der Waals surface area (Å²) in [6.45, 7) is 3.23. The number of hydrogen-bond donors (Lipinski definition) is 1. The molecular weight excluding hydrogens is 420 g/mol. The highest BCUT2D eigenvalue weighted by atomic mass is 35.5. The number of rotatable bonds is 4. The molecule has 1 N–H and O–H groups in total. The predicted octanol–water partition coefficient (Wildman–Crippen LogP) is 5.21. The van der Waals surface area contributed by atoms with Crippen molar-refractivity contribution in [3.05, 3.63) is 70.6 Å². The molecule has 0 radical (unpaired) electrons. The Labute approximate surface area is 176 Å². The van der Waals surface area contributed by atoms with Gasteiger partial charge in [-0.3, -0.25) is 10.00 Å². The van der Waals surface area contributed by atoms with E-state index in [1.165, 1.54) is 18.2 Å². The molecule has 0 unspecified atom stereocenters. The molecule has 0 bridgehead atoms. The van der Waals surface area contributed by atoms with E-state index < -0.39 is 11.7 Å². The molecule has 2 heterocycles. The lowest BCUT2D eigenvalue weighted by atomic mass is 10.1. The second-order valence-electron chi connectivity index (χ2n) is 7.19. The van der Waals surface area contributed by atoms with Crippen molar-refractivity contribution >= 4 is 17.3 Å². The van der Waals surface area contributed by atoms with E-state index in [1.54, 1.807) is 18.2 Å². The average Bonchev–Trinajstić information content (AvgIpc) is 3.17. The molecule has 1 aliphatic heterocycles. The third-order valence-electron chi connectivity index (χ3n) is 5.22. The lowest BCUT2D eigenvalue weighted by Crippen LogP contribution is -2.46. The molecule has 0 amide bonds. The summed E-state index contributed by atoms with van der Waals surface area (Å²) < 4.78 is 52.6. The van der Waals surface area contributed by atoms with Crippen LogP contribution in [0.25, 0.3) is 11.3 Å². The summed E-state index contributed by atoms with van der Waals surface area (Å²) >= 11 is 5.72. The van der Waals surface area contributed by atoms with Gasteiger partial charge in [0, 0.05) is 55.7 Å². The smallest absolute Gasteiger partial charge is 0.369 e. The summed E-state index contributed by atoms with van der Waals surface area (Å²) in [4.78, 5) is 4.15. The number of hydrogen-bond acceptors (Lipinski definition) is 3. The second kappa shape index (κ2) is 8.28. The van der Waals surface area contributed by atoms with Gasteiger partial charge in [0.15, 0.2) is 0 Å². The van der Waals surface area contributed by atoms with Crippen LogP contribution in [0.3, 0.4) is 0 Å². The minimum atomic E-state index is -4.48. The Kier molecular flexibility index (Phi) is 5.71. The molecule has 0 saturated carbocycles. The first-order valence-corrected chi connectivity index (χ1v) is 9.82. The van der Waals surface area contributed by atoms with E-state index in [1.807, 2.05) is 11.1 Å². The third-order valence-corrected chi connectivity index (χ3v) is 5.55. The van der Waals surface area contributed by atoms with Crippen molar-refractivity contribution in [1.29, 1.82) is 0 Å². The lowest BCUT2D eigenvalue weighted by molar-refractivity contribution is -0.137. The standard InChI is InChI=1S/C21H19ClF4N4/c22-19-6-5-17(11-18(19)21(24,25)26)30-9-7-29(8-10-30)13-15-12-27-28-20(15)14-1-3-16(23)4-2-14/h1-6,11-12H,7-10,13H2,(H,27,28). The van der Waals surface area contributed by atoms with E-state index in [2.05, 4.69) is 15.1 Å². The van der Waals surface area contributed by atoms with Gasteiger partial charge in [-0.2, -0.15) is 18.3 Å². The van der Waals surface area contributed by atoms with E-state index in [0.717, 1.165) is 22.9 Å². The zero-order valence-electron chi connectivity index (χ0n) is 15.9. The van der Waals surface area contributed by atoms with Crippen LogP contribution in [-0.4, -0.2) is 41.3 Å². The van der Waals surface area contributed by atoms with Crippen molar-refractivity contribution in [2.45, 2.75) is 12.7 Å². The first-order valence-electron chi connectivity index (χ1n) is 9.44. The number of aromatic amines is 1. The molecule has 4 rings (SSSR count). The number of nitrogens with one attached hydrogen (secondary N) is 1. The summed E-state index contributed by atoms with van der Waals surface area (Å²) in [7, 11) is 0. The van der Waals surface area contributed by atoms with Crippen molar-refractivity contribution in [2.75, 3.05) is 31.1 Å². The SMILES string of the molecule is Fc1ccc(-c2n[nH]cc2CN2CCN(c3ccc(Cl)c(C(F)(F)F)c3)CC2)cc1. The number of benzene rings is 2.